The van der Waals surface area contributed by atoms with Gasteiger partial charge in [-0.15, -0.1) is 0 Å². The predicted octanol–water partition coefficient (Wildman–Crippen LogP) is 1.60. The Bertz CT molecular complexity index is 358. The van der Waals surface area contributed by atoms with Crippen molar-refractivity contribution in [3.05, 3.63) is 34.9 Å². The molecule has 0 aliphatic carbocycles. The van der Waals surface area contributed by atoms with Crippen molar-refractivity contribution in [1.29, 1.82) is 0 Å². The zero-order chi connectivity index (χ0) is 11.6. The van der Waals surface area contributed by atoms with E-state index >= 15 is 0 Å². The molecule has 15 heavy (non-hydrogen) atoms. The Morgan fingerprint density at radius 1 is 1.27 bits per heavy atom. The molecule has 1 rings (SSSR count). The Balaban J connectivity index is 3.09. The number of hydrogen-bond donors (Lipinski definition) is 3. The molecule has 0 radical (unpaired) electrons. The minimum atomic E-state index is -1.39. The third-order valence-corrected chi connectivity index (χ3v) is 2.52. The lowest BCUT2D eigenvalue weighted by molar-refractivity contribution is 0.0314. The van der Waals surface area contributed by atoms with Crippen LogP contribution in [0.3, 0.4) is 0 Å². The van der Waals surface area contributed by atoms with Crippen LogP contribution in [0.2, 0.25) is 0 Å². The first-order chi connectivity index (χ1) is 6.97. The highest BCUT2D eigenvalue weighted by atomic mass is 32.1. The maximum absolute atomic E-state index is 13.2. The lowest BCUT2D eigenvalue weighted by Crippen LogP contribution is -2.21. The quantitative estimate of drug-likeness (QED) is 0.695. The standard InChI is InChI=1S/C10H12F2O2S/c1-5-2-6(8(12)3-7(5)11)10(14)9(13)4-15/h2-3,9-10,13-15H,4H2,1H3. The average molecular weight is 234 g/mol. The SMILES string of the molecule is Cc1cc(C(O)C(O)CS)c(F)cc1F. The average Bonchev–Trinajstić information content (AvgIpc) is 2.21. The van der Waals surface area contributed by atoms with Gasteiger partial charge in [0.15, 0.2) is 0 Å². The molecule has 2 atom stereocenters. The number of aryl methyl sites for hydroxylation is 1. The third-order valence-electron chi connectivity index (χ3n) is 2.15. The summed E-state index contributed by atoms with van der Waals surface area (Å²) in [6.07, 6.45) is -2.56. The molecule has 0 spiro atoms. The Labute approximate surface area is 92.0 Å². The summed E-state index contributed by atoms with van der Waals surface area (Å²) in [4.78, 5) is 0. The van der Waals surface area contributed by atoms with E-state index in [0.717, 1.165) is 0 Å². The van der Waals surface area contributed by atoms with Crippen LogP contribution < -0.4 is 0 Å². The molecule has 0 saturated carbocycles. The van der Waals surface area contributed by atoms with Crippen molar-refractivity contribution in [2.45, 2.75) is 19.1 Å². The molecule has 2 N–H and O–H groups in total. The molecule has 0 bridgehead atoms. The summed E-state index contributed by atoms with van der Waals surface area (Å²) in [5.74, 6) is -1.55. The molecule has 84 valence electrons. The molecular weight excluding hydrogens is 222 g/mol. The Kier molecular flexibility index (Phi) is 4.07. The molecule has 0 aliphatic heterocycles. The van der Waals surface area contributed by atoms with E-state index in [1.54, 1.807) is 0 Å². The van der Waals surface area contributed by atoms with Crippen LogP contribution in [-0.4, -0.2) is 22.1 Å². The summed E-state index contributed by atoms with van der Waals surface area (Å²) in [6.45, 7) is 1.46. The summed E-state index contributed by atoms with van der Waals surface area (Å²) >= 11 is 3.78. The van der Waals surface area contributed by atoms with Gasteiger partial charge in [0.05, 0.1) is 6.10 Å². The molecule has 5 heteroatoms. The molecule has 1 aromatic carbocycles. The molecule has 1 aromatic rings. The fourth-order valence-electron chi connectivity index (χ4n) is 1.21. The molecule has 0 saturated heterocycles. The van der Waals surface area contributed by atoms with E-state index in [0.29, 0.717) is 6.07 Å². The van der Waals surface area contributed by atoms with E-state index < -0.39 is 23.8 Å². The highest BCUT2D eigenvalue weighted by Crippen LogP contribution is 2.23. The van der Waals surface area contributed by atoms with Gasteiger partial charge in [0.1, 0.15) is 17.7 Å². The smallest absolute Gasteiger partial charge is 0.132 e. The van der Waals surface area contributed by atoms with Crippen molar-refractivity contribution in [3.63, 3.8) is 0 Å². The summed E-state index contributed by atoms with van der Waals surface area (Å²) < 4.78 is 26.1. The van der Waals surface area contributed by atoms with Gasteiger partial charge in [0, 0.05) is 17.4 Å². The molecule has 2 nitrogen and oxygen atoms in total. The van der Waals surface area contributed by atoms with Crippen molar-refractivity contribution in [2.24, 2.45) is 0 Å². The second kappa shape index (κ2) is 4.92. The lowest BCUT2D eigenvalue weighted by atomic mass is 10.0. The van der Waals surface area contributed by atoms with Gasteiger partial charge in [-0.1, -0.05) is 0 Å². The molecule has 0 aromatic heterocycles. The largest absolute Gasteiger partial charge is 0.389 e. The van der Waals surface area contributed by atoms with Crippen molar-refractivity contribution < 1.29 is 19.0 Å². The van der Waals surface area contributed by atoms with Gasteiger partial charge >= 0.3 is 0 Å². The lowest BCUT2D eigenvalue weighted by Gasteiger charge is -2.17. The van der Waals surface area contributed by atoms with Gasteiger partial charge in [-0.2, -0.15) is 12.6 Å². The highest BCUT2D eigenvalue weighted by Gasteiger charge is 2.21. The van der Waals surface area contributed by atoms with E-state index in [2.05, 4.69) is 12.6 Å². The van der Waals surface area contributed by atoms with Crippen molar-refractivity contribution >= 4 is 12.6 Å². The second-order valence-corrected chi connectivity index (χ2v) is 3.68. The number of benzene rings is 1. The number of halogens is 2. The van der Waals surface area contributed by atoms with E-state index in [-0.39, 0.29) is 16.9 Å². The number of aliphatic hydroxyl groups is 2. The van der Waals surface area contributed by atoms with Crippen LogP contribution in [0, 0.1) is 18.6 Å². The van der Waals surface area contributed by atoms with Gasteiger partial charge in [0.2, 0.25) is 0 Å². The molecule has 2 unspecified atom stereocenters. The first-order valence-electron chi connectivity index (χ1n) is 4.40. The van der Waals surface area contributed by atoms with Gasteiger partial charge < -0.3 is 10.2 Å². The maximum Gasteiger partial charge on any atom is 0.132 e. The minimum Gasteiger partial charge on any atom is -0.389 e. The Morgan fingerprint density at radius 2 is 1.87 bits per heavy atom. The van der Waals surface area contributed by atoms with E-state index in [9.17, 15) is 19.0 Å². The number of aliphatic hydroxyl groups excluding tert-OH is 2. The van der Waals surface area contributed by atoms with Crippen molar-refractivity contribution in [1.82, 2.24) is 0 Å². The van der Waals surface area contributed by atoms with Gasteiger partial charge in [0.25, 0.3) is 0 Å². The summed E-state index contributed by atoms with van der Waals surface area (Å²) in [6, 6.07) is 1.88. The first-order valence-corrected chi connectivity index (χ1v) is 5.03. The summed E-state index contributed by atoms with van der Waals surface area (Å²) in [5, 5.41) is 18.8. The van der Waals surface area contributed by atoms with E-state index in [1.165, 1.54) is 13.0 Å². The van der Waals surface area contributed by atoms with Crippen LogP contribution in [-0.2, 0) is 0 Å². The van der Waals surface area contributed by atoms with Gasteiger partial charge in [-0.05, 0) is 18.6 Å². The van der Waals surface area contributed by atoms with Crippen LogP contribution in [0.25, 0.3) is 0 Å². The molecular formula is C10H12F2O2S. The summed E-state index contributed by atoms with van der Waals surface area (Å²) in [7, 11) is 0. The van der Waals surface area contributed by atoms with Crippen LogP contribution in [0.5, 0.6) is 0 Å². The van der Waals surface area contributed by atoms with Crippen LogP contribution in [0.4, 0.5) is 8.78 Å². The Hall–Kier alpha value is -0.650. The number of hydrogen-bond acceptors (Lipinski definition) is 3. The van der Waals surface area contributed by atoms with Gasteiger partial charge in [-0.25, -0.2) is 8.78 Å². The van der Waals surface area contributed by atoms with Gasteiger partial charge in [-0.3, -0.25) is 0 Å². The molecule has 0 fully saturated rings. The Morgan fingerprint density at radius 3 is 2.40 bits per heavy atom. The zero-order valence-electron chi connectivity index (χ0n) is 8.11. The van der Waals surface area contributed by atoms with Crippen molar-refractivity contribution in [2.75, 3.05) is 5.75 Å². The monoisotopic (exact) mass is 234 g/mol. The normalized spacial score (nSPS) is 15.1. The molecule has 0 amide bonds. The fourth-order valence-corrected chi connectivity index (χ4v) is 1.41. The van der Waals surface area contributed by atoms with Crippen molar-refractivity contribution in [3.8, 4) is 0 Å². The fraction of sp³-hybridized carbons (Fsp3) is 0.400. The van der Waals surface area contributed by atoms with Crippen LogP contribution in [0.1, 0.15) is 17.2 Å². The second-order valence-electron chi connectivity index (χ2n) is 3.32. The van der Waals surface area contributed by atoms with Crippen LogP contribution in [0.15, 0.2) is 12.1 Å². The summed E-state index contributed by atoms with van der Waals surface area (Å²) in [5.41, 5.74) is 0.104. The number of thiol groups is 1. The minimum absolute atomic E-state index is 0.00295. The predicted molar refractivity (Wildman–Crippen MR) is 55.9 cm³/mol. The third kappa shape index (κ3) is 2.68. The van der Waals surface area contributed by atoms with E-state index in [4.69, 9.17) is 0 Å². The topological polar surface area (TPSA) is 40.5 Å². The first kappa shape index (κ1) is 12.4. The maximum atomic E-state index is 13.2. The molecule has 0 heterocycles. The number of rotatable bonds is 3. The highest BCUT2D eigenvalue weighted by molar-refractivity contribution is 7.80. The van der Waals surface area contributed by atoms with E-state index in [1.807, 2.05) is 0 Å². The molecule has 0 aliphatic rings. The van der Waals surface area contributed by atoms with Crippen LogP contribution >= 0.6 is 12.6 Å². The zero-order valence-corrected chi connectivity index (χ0v) is 9.01.